The molecule has 0 bridgehead atoms. The van der Waals surface area contributed by atoms with Gasteiger partial charge in [0.2, 0.25) is 0 Å². The van der Waals surface area contributed by atoms with Crippen molar-refractivity contribution >= 4 is 60.3 Å². The first-order chi connectivity index (χ1) is 13.9. The summed E-state index contributed by atoms with van der Waals surface area (Å²) in [6.45, 7) is 0. The predicted molar refractivity (Wildman–Crippen MR) is 113 cm³/mol. The van der Waals surface area contributed by atoms with Gasteiger partial charge in [0, 0.05) is 33.9 Å². The van der Waals surface area contributed by atoms with Crippen LogP contribution in [0, 0.1) is 0 Å². The van der Waals surface area contributed by atoms with Crippen LogP contribution in [0.25, 0.3) is 60.3 Å². The third-order valence-corrected chi connectivity index (χ3v) is 5.66. The number of pyridine rings is 2. The van der Waals surface area contributed by atoms with E-state index in [2.05, 4.69) is 57.9 Å². The lowest BCUT2D eigenvalue weighted by Gasteiger charge is -2.09. The Hall–Kier alpha value is -3.92. The average Bonchev–Trinajstić information content (AvgIpc) is 3.32. The van der Waals surface area contributed by atoms with Crippen LogP contribution in [-0.2, 0) is 0 Å². The highest BCUT2D eigenvalue weighted by Gasteiger charge is 2.18. The third kappa shape index (κ3) is 1.61. The second kappa shape index (κ2) is 4.87. The molecule has 0 unspecified atom stereocenters. The van der Waals surface area contributed by atoms with Crippen LogP contribution < -0.4 is 0 Å². The molecule has 0 N–H and O–H groups in total. The molecule has 4 nitrogen and oxygen atoms in total. The van der Waals surface area contributed by atoms with E-state index in [1.165, 1.54) is 0 Å². The van der Waals surface area contributed by atoms with Crippen LogP contribution in [0.2, 0.25) is 0 Å². The SMILES string of the molecule is c1ccc2c(c1)nc1c3cnccc3c3ccc4c5ccccc5oc4c3n21. The Kier molecular flexibility index (Phi) is 2.46. The lowest BCUT2D eigenvalue weighted by molar-refractivity contribution is 0.671. The van der Waals surface area contributed by atoms with Crippen molar-refractivity contribution in [2.45, 2.75) is 0 Å². The lowest BCUT2D eigenvalue weighted by atomic mass is 10.0. The highest BCUT2D eigenvalue weighted by atomic mass is 16.3. The van der Waals surface area contributed by atoms with E-state index in [0.29, 0.717) is 0 Å². The van der Waals surface area contributed by atoms with Gasteiger partial charge in [-0.3, -0.25) is 9.38 Å². The molecule has 0 saturated carbocycles. The van der Waals surface area contributed by atoms with E-state index in [0.717, 1.165) is 60.3 Å². The minimum Gasteiger partial charge on any atom is -0.454 e. The standard InChI is InChI=1S/C24H13N3O/c1-4-8-21-15(5-1)17-10-9-16-14-11-12-25-13-18(14)24-26-19-6-2-3-7-20(19)27(24)22(16)23(17)28-21/h1-13H. The number of hydrogen-bond donors (Lipinski definition) is 0. The van der Waals surface area contributed by atoms with Gasteiger partial charge in [0.25, 0.3) is 0 Å². The van der Waals surface area contributed by atoms with Crippen LogP contribution in [0.1, 0.15) is 0 Å². The lowest BCUT2D eigenvalue weighted by Crippen LogP contribution is -1.92. The number of para-hydroxylation sites is 3. The molecule has 28 heavy (non-hydrogen) atoms. The van der Waals surface area contributed by atoms with Crippen molar-refractivity contribution in [3.8, 4) is 0 Å². The normalized spacial score (nSPS) is 12.3. The van der Waals surface area contributed by atoms with Crippen molar-refractivity contribution in [2.75, 3.05) is 0 Å². The number of benzene rings is 3. The molecule has 3 aromatic carbocycles. The minimum absolute atomic E-state index is 0.894. The van der Waals surface area contributed by atoms with Crippen molar-refractivity contribution in [3.05, 3.63) is 79.1 Å². The Bertz CT molecular complexity index is 1720. The van der Waals surface area contributed by atoms with Gasteiger partial charge in [-0.05, 0) is 35.7 Å². The van der Waals surface area contributed by atoms with Gasteiger partial charge in [0.15, 0.2) is 5.58 Å². The topological polar surface area (TPSA) is 43.3 Å². The fourth-order valence-electron chi connectivity index (χ4n) is 4.45. The molecule has 0 saturated heterocycles. The monoisotopic (exact) mass is 359 g/mol. The smallest absolute Gasteiger partial charge is 0.160 e. The Morgan fingerprint density at radius 3 is 2.57 bits per heavy atom. The highest BCUT2D eigenvalue weighted by molar-refractivity contribution is 6.22. The molecule has 130 valence electrons. The largest absolute Gasteiger partial charge is 0.454 e. The molecule has 7 aromatic rings. The van der Waals surface area contributed by atoms with Gasteiger partial charge in [-0.2, -0.15) is 0 Å². The molecule has 0 aliphatic rings. The Labute approximate surface area is 158 Å². The van der Waals surface area contributed by atoms with Crippen LogP contribution >= 0.6 is 0 Å². The molecular weight excluding hydrogens is 346 g/mol. The van der Waals surface area contributed by atoms with Gasteiger partial charge in [-0.15, -0.1) is 0 Å². The number of rotatable bonds is 0. The molecule has 7 rings (SSSR count). The molecule has 0 fully saturated rings. The number of fused-ring (bicyclic) bond motifs is 12. The number of furan rings is 1. The van der Waals surface area contributed by atoms with E-state index < -0.39 is 0 Å². The summed E-state index contributed by atoms with van der Waals surface area (Å²) in [5.74, 6) is 0. The van der Waals surface area contributed by atoms with Gasteiger partial charge >= 0.3 is 0 Å². The molecule has 0 atom stereocenters. The summed E-state index contributed by atoms with van der Waals surface area (Å²) in [5, 5.41) is 5.57. The molecule has 0 amide bonds. The average molecular weight is 359 g/mol. The zero-order chi connectivity index (χ0) is 18.2. The first-order valence-corrected chi connectivity index (χ1v) is 9.27. The van der Waals surface area contributed by atoms with Gasteiger partial charge in [-0.1, -0.05) is 36.4 Å². The number of aromatic nitrogens is 3. The molecule has 0 radical (unpaired) electrons. The summed E-state index contributed by atoms with van der Waals surface area (Å²) in [6, 6.07) is 22.8. The Balaban J connectivity index is 1.91. The molecular formula is C24H13N3O. The van der Waals surface area contributed by atoms with E-state index in [4.69, 9.17) is 9.40 Å². The molecule has 4 aromatic heterocycles. The maximum absolute atomic E-state index is 6.38. The zero-order valence-electron chi connectivity index (χ0n) is 14.8. The maximum atomic E-state index is 6.38. The van der Waals surface area contributed by atoms with E-state index in [1.54, 1.807) is 0 Å². The van der Waals surface area contributed by atoms with Crippen molar-refractivity contribution < 1.29 is 4.42 Å². The van der Waals surface area contributed by atoms with Crippen LogP contribution in [-0.4, -0.2) is 14.4 Å². The zero-order valence-corrected chi connectivity index (χ0v) is 14.8. The highest BCUT2D eigenvalue weighted by Crippen LogP contribution is 2.39. The quantitative estimate of drug-likeness (QED) is 0.308. The molecule has 0 aliphatic carbocycles. The van der Waals surface area contributed by atoms with Gasteiger partial charge in [0.1, 0.15) is 11.2 Å². The fraction of sp³-hybridized carbons (Fsp3) is 0. The van der Waals surface area contributed by atoms with Crippen LogP contribution in [0.5, 0.6) is 0 Å². The third-order valence-electron chi connectivity index (χ3n) is 5.66. The van der Waals surface area contributed by atoms with Gasteiger partial charge in [-0.25, -0.2) is 4.98 Å². The molecule has 0 spiro atoms. The van der Waals surface area contributed by atoms with E-state index >= 15 is 0 Å². The number of hydrogen-bond acceptors (Lipinski definition) is 3. The van der Waals surface area contributed by atoms with E-state index in [1.807, 2.05) is 30.6 Å². The molecule has 4 heterocycles. The summed E-state index contributed by atoms with van der Waals surface area (Å²) < 4.78 is 8.60. The summed E-state index contributed by atoms with van der Waals surface area (Å²) in [6.07, 6.45) is 3.74. The van der Waals surface area contributed by atoms with Crippen molar-refractivity contribution in [1.29, 1.82) is 0 Å². The first-order valence-electron chi connectivity index (χ1n) is 9.27. The number of nitrogens with zero attached hydrogens (tertiary/aromatic N) is 3. The van der Waals surface area contributed by atoms with E-state index in [9.17, 15) is 0 Å². The Morgan fingerprint density at radius 2 is 1.57 bits per heavy atom. The van der Waals surface area contributed by atoms with Gasteiger partial charge < -0.3 is 4.42 Å². The predicted octanol–water partition coefficient (Wildman–Crippen LogP) is 6.09. The van der Waals surface area contributed by atoms with Crippen LogP contribution in [0.3, 0.4) is 0 Å². The van der Waals surface area contributed by atoms with Crippen molar-refractivity contribution in [1.82, 2.24) is 14.4 Å². The summed E-state index contributed by atoms with van der Waals surface area (Å²) in [5.41, 5.74) is 5.79. The van der Waals surface area contributed by atoms with Crippen molar-refractivity contribution in [3.63, 3.8) is 0 Å². The second-order valence-electron chi connectivity index (χ2n) is 7.12. The van der Waals surface area contributed by atoms with Crippen molar-refractivity contribution in [2.24, 2.45) is 0 Å². The number of imidazole rings is 1. The van der Waals surface area contributed by atoms with Crippen LogP contribution in [0.15, 0.2) is 83.5 Å². The second-order valence-corrected chi connectivity index (χ2v) is 7.12. The summed E-state index contributed by atoms with van der Waals surface area (Å²) >= 11 is 0. The minimum atomic E-state index is 0.894. The fourth-order valence-corrected chi connectivity index (χ4v) is 4.45. The maximum Gasteiger partial charge on any atom is 0.160 e. The summed E-state index contributed by atoms with van der Waals surface area (Å²) in [4.78, 5) is 9.30. The van der Waals surface area contributed by atoms with Crippen LogP contribution in [0.4, 0.5) is 0 Å². The van der Waals surface area contributed by atoms with Gasteiger partial charge in [0.05, 0.1) is 16.6 Å². The Morgan fingerprint density at radius 1 is 0.714 bits per heavy atom. The molecule has 4 heteroatoms. The molecule has 0 aliphatic heterocycles. The van der Waals surface area contributed by atoms with E-state index in [-0.39, 0.29) is 0 Å². The first kappa shape index (κ1) is 14.2. The summed E-state index contributed by atoms with van der Waals surface area (Å²) in [7, 11) is 0.